The van der Waals surface area contributed by atoms with Gasteiger partial charge >= 0.3 is 5.97 Å². The van der Waals surface area contributed by atoms with Crippen LogP contribution in [-0.4, -0.2) is 15.6 Å². The Morgan fingerprint density at radius 1 is 1.50 bits per heavy atom. The quantitative estimate of drug-likeness (QED) is 0.816. The lowest BCUT2D eigenvalue weighted by molar-refractivity contribution is -0.150. The molecule has 0 saturated heterocycles. The summed E-state index contributed by atoms with van der Waals surface area (Å²) in [5.74, 6) is -0.167. The van der Waals surface area contributed by atoms with E-state index in [1.807, 2.05) is 30.8 Å². The Bertz CT molecular complexity index is 589. The second-order valence-corrected chi connectivity index (χ2v) is 4.33. The highest BCUT2D eigenvalue weighted by molar-refractivity contribution is 5.85. The molecule has 0 aliphatic heterocycles. The van der Waals surface area contributed by atoms with Crippen molar-refractivity contribution in [2.45, 2.75) is 19.9 Å². The molecule has 2 aromatic rings. The smallest absolute Gasteiger partial charge is 0.321 e. The van der Waals surface area contributed by atoms with Crippen molar-refractivity contribution in [1.29, 1.82) is 0 Å². The van der Waals surface area contributed by atoms with Gasteiger partial charge in [0, 0.05) is 31.1 Å². The maximum atomic E-state index is 10.8. The molecule has 0 aliphatic rings. The fraction of sp³-hybridized carbons (Fsp3) is 0.308. The Kier molecular flexibility index (Phi) is 3.25. The standard InChI is InChI=1S/C13H16N2O3/c1-8(14-18-9(2)16)12-7-15(3)13-5-4-10(17)6-11(12)13/h4-8,14,17H,1-3H3. The summed E-state index contributed by atoms with van der Waals surface area (Å²) in [6, 6.07) is 5.05. The molecule has 5 nitrogen and oxygen atoms in total. The van der Waals surface area contributed by atoms with E-state index < -0.39 is 0 Å². The molecule has 18 heavy (non-hydrogen) atoms. The molecule has 1 unspecified atom stereocenters. The van der Waals surface area contributed by atoms with Crippen LogP contribution in [0.2, 0.25) is 0 Å². The van der Waals surface area contributed by atoms with Gasteiger partial charge in [0.2, 0.25) is 0 Å². The largest absolute Gasteiger partial charge is 0.508 e. The van der Waals surface area contributed by atoms with Gasteiger partial charge in [-0.05, 0) is 30.7 Å². The maximum absolute atomic E-state index is 10.8. The molecule has 0 aliphatic carbocycles. The third-order valence-corrected chi connectivity index (χ3v) is 2.85. The van der Waals surface area contributed by atoms with Crippen LogP contribution < -0.4 is 5.48 Å². The summed E-state index contributed by atoms with van der Waals surface area (Å²) in [6.45, 7) is 3.23. The summed E-state index contributed by atoms with van der Waals surface area (Å²) in [4.78, 5) is 15.6. The molecule has 96 valence electrons. The van der Waals surface area contributed by atoms with Crippen molar-refractivity contribution < 1.29 is 14.7 Å². The molecule has 0 saturated carbocycles. The van der Waals surface area contributed by atoms with Gasteiger partial charge in [-0.3, -0.25) is 4.79 Å². The maximum Gasteiger partial charge on any atom is 0.321 e. The second-order valence-electron chi connectivity index (χ2n) is 4.33. The molecular weight excluding hydrogens is 232 g/mol. The summed E-state index contributed by atoms with van der Waals surface area (Å²) in [7, 11) is 1.93. The topological polar surface area (TPSA) is 63.5 Å². The molecule has 5 heteroatoms. The Balaban J connectivity index is 2.38. The van der Waals surface area contributed by atoms with Crippen molar-refractivity contribution in [3.05, 3.63) is 30.0 Å². The van der Waals surface area contributed by atoms with Gasteiger partial charge in [0.15, 0.2) is 0 Å². The van der Waals surface area contributed by atoms with Gasteiger partial charge in [-0.25, -0.2) is 0 Å². The normalized spacial score (nSPS) is 12.6. The van der Waals surface area contributed by atoms with Gasteiger partial charge in [0.1, 0.15) is 5.75 Å². The highest BCUT2D eigenvalue weighted by Gasteiger charge is 2.14. The SMILES string of the molecule is CC(=O)ONC(C)c1cn(C)c2ccc(O)cc12. The van der Waals surface area contributed by atoms with Crippen LogP contribution in [0.1, 0.15) is 25.5 Å². The van der Waals surface area contributed by atoms with Gasteiger partial charge in [-0.15, -0.1) is 5.48 Å². The lowest BCUT2D eigenvalue weighted by Crippen LogP contribution is -2.21. The van der Waals surface area contributed by atoms with Crippen molar-refractivity contribution in [2.75, 3.05) is 0 Å². The zero-order valence-corrected chi connectivity index (χ0v) is 10.6. The van der Waals surface area contributed by atoms with E-state index in [-0.39, 0.29) is 17.8 Å². The van der Waals surface area contributed by atoms with Crippen LogP contribution in [0.3, 0.4) is 0 Å². The number of phenols is 1. The average molecular weight is 248 g/mol. The fourth-order valence-electron chi connectivity index (χ4n) is 1.99. The molecule has 1 atom stereocenters. The van der Waals surface area contributed by atoms with E-state index in [9.17, 15) is 9.90 Å². The number of fused-ring (bicyclic) bond motifs is 1. The summed E-state index contributed by atoms with van der Waals surface area (Å²) in [5.41, 5.74) is 4.65. The van der Waals surface area contributed by atoms with E-state index >= 15 is 0 Å². The van der Waals surface area contributed by atoms with Gasteiger partial charge in [-0.1, -0.05) is 0 Å². The number of hydroxylamine groups is 1. The van der Waals surface area contributed by atoms with Crippen LogP contribution in [0.15, 0.2) is 24.4 Å². The van der Waals surface area contributed by atoms with Crippen LogP contribution in [-0.2, 0) is 16.7 Å². The molecule has 0 spiro atoms. The number of phenolic OH excluding ortho intramolecular Hbond substituents is 1. The van der Waals surface area contributed by atoms with E-state index in [4.69, 9.17) is 4.84 Å². The molecular formula is C13H16N2O3. The van der Waals surface area contributed by atoms with E-state index in [1.54, 1.807) is 12.1 Å². The Labute approximate surface area is 105 Å². The summed E-state index contributed by atoms with van der Waals surface area (Å²) in [6.07, 6.45) is 1.95. The number of aromatic hydroxyl groups is 1. The van der Waals surface area contributed by atoms with E-state index in [2.05, 4.69) is 5.48 Å². The first-order chi connectivity index (χ1) is 8.49. The van der Waals surface area contributed by atoms with E-state index in [0.29, 0.717) is 0 Å². The van der Waals surface area contributed by atoms with Crippen LogP contribution >= 0.6 is 0 Å². The first-order valence-corrected chi connectivity index (χ1v) is 5.70. The van der Waals surface area contributed by atoms with Crippen molar-refractivity contribution in [3.63, 3.8) is 0 Å². The minimum absolute atomic E-state index is 0.153. The van der Waals surface area contributed by atoms with Gasteiger partial charge in [-0.2, -0.15) is 0 Å². The minimum Gasteiger partial charge on any atom is -0.508 e. The minimum atomic E-state index is -0.384. The Hall–Kier alpha value is -2.01. The highest BCUT2D eigenvalue weighted by atomic mass is 16.7. The molecule has 0 fully saturated rings. The number of aromatic nitrogens is 1. The lowest BCUT2D eigenvalue weighted by Gasteiger charge is -2.11. The van der Waals surface area contributed by atoms with Crippen molar-refractivity contribution in [3.8, 4) is 5.75 Å². The first kappa shape index (κ1) is 12.4. The van der Waals surface area contributed by atoms with Crippen LogP contribution in [0.25, 0.3) is 10.9 Å². The monoisotopic (exact) mass is 248 g/mol. The zero-order valence-electron chi connectivity index (χ0n) is 10.6. The number of nitrogens with one attached hydrogen (secondary N) is 1. The third kappa shape index (κ3) is 2.31. The van der Waals surface area contributed by atoms with Crippen molar-refractivity contribution in [1.82, 2.24) is 10.0 Å². The first-order valence-electron chi connectivity index (χ1n) is 5.70. The van der Waals surface area contributed by atoms with Crippen LogP contribution in [0.4, 0.5) is 0 Å². The van der Waals surface area contributed by atoms with Crippen molar-refractivity contribution in [2.24, 2.45) is 7.05 Å². The summed E-state index contributed by atoms with van der Waals surface area (Å²) < 4.78 is 1.97. The van der Waals surface area contributed by atoms with Crippen LogP contribution in [0, 0.1) is 0 Å². The lowest BCUT2D eigenvalue weighted by atomic mass is 10.1. The Morgan fingerprint density at radius 2 is 2.22 bits per heavy atom. The molecule has 1 aromatic carbocycles. The molecule has 0 radical (unpaired) electrons. The van der Waals surface area contributed by atoms with Gasteiger partial charge in [0.05, 0.1) is 6.04 Å². The van der Waals surface area contributed by atoms with Crippen molar-refractivity contribution >= 4 is 16.9 Å². The predicted molar refractivity (Wildman–Crippen MR) is 67.9 cm³/mol. The number of hydrogen-bond acceptors (Lipinski definition) is 4. The summed E-state index contributed by atoms with van der Waals surface area (Å²) >= 11 is 0. The number of carbonyl (C=O) groups is 1. The summed E-state index contributed by atoms with van der Waals surface area (Å²) in [5, 5.41) is 10.5. The number of hydrogen-bond donors (Lipinski definition) is 2. The third-order valence-electron chi connectivity index (χ3n) is 2.85. The van der Waals surface area contributed by atoms with Gasteiger partial charge in [0.25, 0.3) is 0 Å². The molecule has 1 aromatic heterocycles. The molecule has 2 rings (SSSR count). The van der Waals surface area contributed by atoms with Crippen LogP contribution in [0.5, 0.6) is 5.75 Å². The van der Waals surface area contributed by atoms with Gasteiger partial charge < -0.3 is 14.5 Å². The average Bonchev–Trinajstić information content (AvgIpc) is 2.63. The number of nitrogens with zero attached hydrogens (tertiary/aromatic N) is 1. The number of aryl methyl sites for hydroxylation is 1. The van der Waals surface area contributed by atoms with E-state index in [1.165, 1.54) is 6.92 Å². The predicted octanol–water partition coefficient (Wildman–Crippen LogP) is 2.01. The molecule has 0 bridgehead atoms. The number of rotatable bonds is 3. The molecule has 2 N–H and O–H groups in total. The zero-order chi connectivity index (χ0) is 13.3. The fourth-order valence-corrected chi connectivity index (χ4v) is 1.99. The number of benzene rings is 1. The molecule has 1 heterocycles. The second kappa shape index (κ2) is 4.70. The Morgan fingerprint density at radius 3 is 2.89 bits per heavy atom. The van der Waals surface area contributed by atoms with E-state index in [0.717, 1.165) is 16.5 Å². The highest BCUT2D eigenvalue weighted by Crippen LogP contribution is 2.28. The number of carbonyl (C=O) groups excluding carboxylic acids is 1. The molecule has 0 amide bonds.